The lowest BCUT2D eigenvalue weighted by atomic mass is 10.2. The zero-order chi connectivity index (χ0) is 13.0. The Morgan fingerprint density at radius 3 is 2.83 bits per heavy atom. The van der Waals surface area contributed by atoms with E-state index in [0.717, 1.165) is 28.5 Å². The van der Waals surface area contributed by atoms with Gasteiger partial charge in [0.2, 0.25) is 0 Å². The van der Waals surface area contributed by atoms with E-state index >= 15 is 0 Å². The van der Waals surface area contributed by atoms with Gasteiger partial charge in [0, 0.05) is 23.9 Å². The number of aryl methyl sites for hydroxylation is 2. The fourth-order valence-electron chi connectivity index (χ4n) is 1.81. The number of benzene rings is 1. The minimum absolute atomic E-state index is 0.674. The molecule has 0 amide bonds. The van der Waals surface area contributed by atoms with Crippen molar-refractivity contribution in [2.75, 3.05) is 11.9 Å². The Bertz CT molecular complexity index is 501. The van der Waals surface area contributed by atoms with Crippen LogP contribution < -0.4 is 10.1 Å². The van der Waals surface area contributed by atoms with Crippen molar-refractivity contribution in [3.8, 4) is 5.75 Å². The smallest absolute Gasteiger partial charge is 0.138 e. The van der Waals surface area contributed by atoms with Crippen molar-refractivity contribution in [2.45, 2.75) is 27.3 Å². The van der Waals surface area contributed by atoms with Crippen LogP contribution in [0.5, 0.6) is 5.75 Å². The van der Waals surface area contributed by atoms with Gasteiger partial charge in [0.15, 0.2) is 0 Å². The molecule has 0 saturated carbocycles. The molecule has 0 spiro atoms. The van der Waals surface area contributed by atoms with Crippen LogP contribution in [0.15, 0.2) is 28.8 Å². The zero-order valence-electron chi connectivity index (χ0n) is 11.0. The number of hydrogen-bond acceptors (Lipinski definition) is 4. The Balaban J connectivity index is 2.04. The van der Waals surface area contributed by atoms with Crippen molar-refractivity contribution in [1.29, 1.82) is 0 Å². The van der Waals surface area contributed by atoms with Gasteiger partial charge in [-0.1, -0.05) is 11.2 Å². The number of aromatic nitrogens is 1. The van der Waals surface area contributed by atoms with Crippen LogP contribution in [0.2, 0.25) is 0 Å². The lowest BCUT2D eigenvalue weighted by molar-refractivity contribution is 0.340. The fourth-order valence-corrected chi connectivity index (χ4v) is 1.81. The van der Waals surface area contributed by atoms with E-state index in [-0.39, 0.29) is 0 Å². The summed E-state index contributed by atoms with van der Waals surface area (Å²) < 4.78 is 10.6. The highest BCUT2D eigenvalue weighted by Gasteiger charge is 2.08. The molecular formula is C14H18N2O2. The highest BCUT2D eigenvalue weighted by Crippen LogP contribution is 2.19. The number of nitrogens with one attached hydrogen (secondary N) is 1. The monoisotopic (exact) mass is 246 g/mol. The molecule has 0 aliphatic heterocycles. The molecule has 0 aliphatic carbocycles. The summed E-state index contributed by atoms with van der Waals surface area (Å²) in [5.41, 5.74) is 3.07. The average molecular weight is 246 g/mol. The summed E-state index contributed by atoms with van der Waals surface area (Å²) in [6.45, 7) is 7.23. The third-order valence-electron chi connectivity index (χ3n) is 2.80. The Morgan fingerprint density at radius 2 is 2.17 bits per heavy atom. The first-order chi connectivity index (χ1) is 8.70. The maximum Gasteiger partial charge on any atom is 0.138 e. The van der Waals surface area contributed by atoms with Gasteiger partial charge < -0.3 is 14.6 Å². The van der Waals surface area contributed by atoms with Crippen molar-refractivity contribution >= 4 is 5.69 Å². The van der Waals surface area contributed by atoms with Gasteiger partial charge in [0.1, 0.15) is 11.5 Å². The minimum atomic E-state index is 0.674. The molecule has 2 rings (SSSR count). The maximum absolute atomic E-state index is 5.46. The van der Waals surface area contributed by atoms with Crippen molar-refractivity contribution in [1.82, 2.24) is 5.16 Å². The van der Waals surface area contributed by atoms with Gasteiger partial charge in [-0.05, 0) is 32.9 Å². The van der Waals surface area contributed by atoms with Crippen LogP contribution in [-0.4, -0.2) is 11.8 Å². The Labute approximate surface area is 107 Å². The summed E-state index contributed by atoms with van der Waals surface area (Å²) in [4.78, 5) is 0. The Morgan fingerprint density at radius 1 is 1.33 bits per heavy atom. The molecule has 1 aromatic heterocycles. The van der Waals surface area contributed by atoms with E-state index in [1.165, 1.54) is 0 Å². The minimum Gasteiger partial charge on any atom is -0.494 e. The zero-order valence-corrected chi connectivity index (χ0v) is 11.0. The fraction of sp³-hybridized carbons (Fsp3) is 0.357. The molecule has 0 radical (unpaired) electrons. The van der Waals surface area contributed by atoms with E-state index in [1.807, 2.05) is 45.0 Å². The van der Waals surface area contributed by atoms with Gasteiger partial charge in [-0.3, -0.25) is 0 Å². The molecule has 96 valence electrons. The lowest BCUT2D eigenvalue weighted by Crippen LogP contribution is -2.01. The first-order valence-electron chi connectivity index (χ1n) is 6.09. The summed E-state index contributed by atoms with van der Waals surface area (Å²) in [7, 11) is 0. The maximum atomic E-state index is 5.46. The molecule has 1 aromatic carbocycles. The largest absolute Gasteiger partial charge is 0.494 e. The summed E-state index contributed by atoms with van der Waals surface area (Å²) in [6, 6.07) is 7.92. The molecule has 0 fully saturated rings. The normalized spacial score (nSPS) is 10.4. The van der Waals surface area contributed by atoms with Gasteiger partial charge in [-0.25, -0.2) is 0 Å². The van der Waals surface area contributed by atoms with Gasteiger partial charge >= 0.3 is 0 Å². The van der Waals surface area contributed by atoms with Crippen molar-refractivity contribution < 1.29 is 9.26 Å². The second-order valence-corrected chi connectivity index (χ2v) is 4.12. The topological polar surface area (TPSA) is 47.3 Å². The molecule has 0 unspecified atom stereocenters. The van der Waals surface area contributed by atoms with E-state index in [0.29, 0.717) is 13.2 Å². The molecule has 0 aliphatic rings. The van der Waals surface area contributed by atoms with Crippen LogP contribution in [0.3, 0.4) is 0 Å². The first-order valence-corrected chi connectivity index (χ1v) is 6.09. The Hall–Kier alpha value is -1.97. The van der Waals surface area contributed by atoms with Crippen molar-refractivity contribution in [3.63, 3.8) is 0 Å². The van der Waals surface area contributed by atoms with E-state index in [2.05, 4.69) is 10.5 Å². The molecule has 2 aromatic rings. The first kappa shape index (κ1) is 12.5. The number of rotatable bonds is 5. The van der Waals surface area contributed by atoms with E-state index in [4.69, 9.17) is 9.26 Å². The predicted octanol–water partition coefficient (Wildman–Crippen LogP) is 3.30. The second-order valence-electron chi connectivity index (χ2n) is 4.12. The number of nitrogens with zero attached hydrogens (tertiary/aromatic N) is 1. The van der Waals surface area contributed by atoms with E-state index in [9.17, 15) is 0 Å². The SMILES string of the molecule is CCOc1cccc(NCc2c(C)noc2C)c1. The van der Waals surface area contributed by atoms with Crippen LogP contribution in [0.1, 0.15) is 23.9 Å². The summed E-state index contributed by atoms with van der Waals surface area (Å²) >= 11 is 0. The molecule has 0 bridgehead atoms. The van der Waals surface area contributed by atoms with Crippen LogP contribution in [0, 0.1) is 13.8 Å². The lowest BCUT2D eigenvalue weighted by Gasteiger charge is -2.08. The molecular weight excluding hydrogens is 228 g/mol. The highest BCUT2D eigenvalue weighted by molar-refractivity contribution is 5.48. The molecule has 1 heterocycles. The number of hydrogen-bond donors (Lipinski definition) is 1. The van der Waals surface area contributed by atoms with Gasteiger partial charge in [0.25, 0.3) is 0 Å². The summed E-state index contributed by atoms with van der Waals surface area (Å²) in [5.74, 6) is 1.74. The summed E-state index contributed by atoms with van der Waals surface area (Å²) in [5, 5.41) is 7.28. The number of ether oxygens (including phenoxy) is 1. The third-order valence-corrected chi connectivity index (χ3v) is 2.80. The quantitative estimate of drug-likeness (QED) is 0.879. The van der Waals surface area contributed by atoms with E-state index < -0.39 is 0 Å². The van der Waals surface area contributed by atoms with Crippen LogP contribution in [0.25, 0.3) is 0 Å². The molecule has 1 N–H and O–H groups in total. The van der Waals surface area contributed by atoms with Crippen LogP contribution in [0.4, 0.5) is 5.69 Å². The highest BCUT2D eigenvalue weighted by atomic mass is 16.5. The van der Waals surface area contributed by atoms with Crippen molar-refractivity contribution in [2.24, 2.45) is 0 Å². The molecule has 0 saturated heterocycles. The molecule has 0 atom stereocenters. The Kier molecular flexibility index (Phi) is 3.87. The summed E-state index contributed by atoms with van der Waals surface area (Å²) in [6.07, 6.45) is 0. The predicted molar refractivity (Wildman–Crippen MR) is 70.9 cm³/mol. The average Bonchev–Trinajstić information content (AvgIpc) is 2.68. The molecule has 18 heavy (non-hydrogen) atoms. The van der Waals surface area contributed by atoms with Gasteiger partial charge in [-0.15, -0.1) is 0 Å². The van der Waals surface area contributed by atoms with Crippen LogP contribution >= 0.6 is 0 Å². The van der Waals surface area contributed by atoms with Gasteiger partial charge in [-0.2, -0.15) is 0 Å². The standard InChI is InChI=1S/C14H18N2O2/c1-4-17-13-7-5-6-12(8-13)15-9-14-10(2)16-18-11(14)3/h5-8,15H,4,9H2,1-3H3. The van der Waals surface area contributed by atoms with Crippen molar-refractivity contribution in [3.05, 3.63) is 41.3 Å². The second kappa shape index (κ2) is 5.58. The van der Waals surface area contributed by atoms with E-state index in [1.54, 1.807) is 0 Å². The van der Waals surface area contributed by atoms with Gasteiger partial charge in [0.05, 0.1) is 12.3 Å². The third kappa shape index (κ3) is 2.83. The molecule has 4 nitrogen and oxygen atoms in total. The molecule has 4 heteroatoms. The number of anilines is 1. The van der Waals surface area contributed by atoms with Crippen LogP contribution in [-0.2, 0) is 6.54 Å².